The number of nitrogens with one attached hydrogen (secondary N) is 1. The molecule has 0 aromatic heterocycles. The summed E-state index contributed by atoms with van der Waals surface area (Å²) in [5.74, 6) is -0.728. The number of carbonyl (C=O) groups is 1. The zero-order chi connectivity index (χ0) is 15.5. The van der Waals surface area contributed by atoms with Gasteiger partial charge >= 0.3 is 5.97 Å². The molecule has 2 rings (SSSR count). The second-order valence-electron chi connectivity index (χ2n) is 5.59. The van der Waals surface area contributed by atoms with Gasteiger partial charge in [-0.2, -0.15) is 0 Å². The number of rotatable bonds is 5. The van der Waals surface area contributed by atoms with Crippen molar-refractivity contribution in [2.24, 2.45) is 5.92 Å². The molecule has 6 heteroatoms. The van der Waals surface area contributed by atoms with Gasteiger partial charge in [-0.05, 0) is 43.4 Å². The summed E-state index contributed by atoms with van der Waals surface area (Å²) in [6.07, 6.45) is 5.64. The van der Waals surface area contributed by atoms with Gasteiger partial charge in [0, 0.05) is 6.54 Å². The predicted octanol–water partition coefficient (Wildman–Crippen LogP) is 2.55. The van der Waals surface area contributed by atoms with Crippen molar-refractivity contribution in [3.05, 3.63) is 29.3 Å². The van der Waals surface area contributed by atoms with E-state index >= 15 is 0 Å². The zero-order valence-corrected chi connectivity index (χ0v) is 12.9. The van der Waals surface area contributed by atoms with Gasteiger partial charge < -0.3 is 5.11 Å². The van der Waals surface area contributed by atoms with E-state index in [0.717, 1.165) is 25.7 Å². The molecule has 0 amide bonds. The van der Waals surface area contributed by atoms with E-state index in [4.69, 9.17) is 5.11 Å². The maximum Gasteiger partial charge on any atom is 0.335 e. The first-order valence-corrected chi connectivity index (χ1v) is 8.72. The maximum atomic E-state index is 12.4. The van der Waals surface area contributed by atoms with Crippen LogP contribution < -0.4 is 4.72 Å². The molecule has 2 N–H and O–H groups in total. The van der Waals surface area contributed by atoms with Gasteiger partial charge in [0.05, 0.1) is 10.5 Å². The molecule has 0 heterocycles. The molecule has 0 atom stereocenters. The van der Waals surface area contributed by atoms with Crippen molar-refractivity contribution in [2.45, 2.75) is 43.9 Å². The Hall–Kier alpha value is -1.40. The van der Waals surface area contributed by atoms with Crippen molar-refractivity contribution in [3.63, 3.8) is 0 Å². The second kappa shape index (κ2) is 6.58. The summed E-state index contributed by atoms with van der Waals surface area (Å²) < 4.78 is 27.4. The van der Waals surface area contributed by atoms with Gasteiger partial charge in [-0.1, -0.05) is 25.3 Å². The molecule has 0 unspecified atom stereocenters. The Morgan fingerprint density at radius 3 is 2.57 bits per heavy atom. The van der Waals surface area contributed by atoms with E-state index in [2.05, 4.69) is 4.72 Å². The van der Waals surface area contributed by atoms with Crippen molar-refractivity contribution in [1.82, 2.24) is 4.72 Å². The Balaban J connectivity index is 2.15. The highest BCUT2D eigenvalue weighted by Crippen LogP contribution is 2.24. The van der Waals surface area contributed by atoms with Crippen molar-refractivity contribution >= 4 is 16.0 Å². The standard InChI is InChI=1S/C15H21NO4S/c1-11-13(15(17)18)8-5-9-14(11)21(19,20)16-10-12-6-3-2-4-7-12/h5,8-9,12,16H,2-4,6-7,10H2,1H3,(H,17,18). The average molecular weight is 311 g/mol. The smallest absolute Gasteiger partial charge is 0.335 e. The molecule has 5 nitrogen and oxygen atoms in total. The fourth-order valence-electron chi connectivity index (χ4n) is 2.83. The third-order valence-corrected chi connectivity index (χ3v) is 5.66. The van der Waals surface area contributed by atoms with Crippen LogP contribution in [0.25, 0.3) is 0 Å². The van der Waals surface area contributed by atoms with Gasteiger partial charge in [-0.15, -0.1) is 0 Å². The molecule has 0 aliphatic heterocycles. The number of carboxylic acid groups (broad SMARTS) is 1. The number of hydrogen-bond donors (Lipinski definition) is 2. The highest BCUT2D eigenvalue weighted by molar-refractivity contribution is 7.89. The summed E-state index contributed by atoms with van der Waals surface area (Å²) in [4.78, 5) is 11.1. The lowest BCUT2D eigenvalue weighted by atomic mass is 9.90. The van der Waals surface area contributed by atoms with Crippen molar-refractivity contribution in [3.8, 4) is 0 Å². The van der Waals surface area contributed by atoms with Gasteiger partial charge in [-0.3, -0.25) is 0 Å². The number of aromatic carboxylic acids is 1. The van der Waals surface area contributed by atoms with E-state index in [1.165, 1.54) is 31.5 Å². The summed E-state index contributed by atoms with van der Waals surface area (Å²) in [6.45, 7) is 1.96. The highest BCUT2D eigenvalue weighted by atomic mass is 32.2. The monoisotopic (exact) mass is 311 g/mol. The SMILES string of the molecule is Cc1c(C(=O)O)cccc1S(=O)(=O)NCC1CCCCC1. The van der Waals surface area contributed by atoms with Crippen LogP contribution in [0, 0.1) is 12.8 Å². The van der Waals surface area contributed by atoms with Crippen LogP contribution in [0.4, 0.5) is 0 Å². The summed E-state index contributed by atoms with van der Waals surface area (Å²) >= 11 is 0. The van der Waals surface area contributed by atoms with Crippen LogP contribution in [0.3, 0.4) is 0 Å². The zero-order valence-electron chi connectivity index (χ0n) is 12.1. The normalized spacial score (nSPS) is 16.8. The fourth-order valence-corrected chi connectivity index (χ4v) is 4.22. The Bertz CT molecular complexity index is 619. The molecule has 0 radical (unpaired) electrons. The summed E-state index contributed by atoms with van der Waals surface area (Å²) in [5, 5.41) is 9.07. The Morgan fingerprint density at radius 1 is 1.29 bits per heavy atom. The number of sulfonamides is 1. The van der Waals surface area contributed by atoms with Gasteiger partial charge in [0.15, 0.2) is 0 Å². The minimum Gasteiger partial charge on any atom is -0.478 e. The van der Waals surface area contributed by atoms with Gasteiger partial charge in [-0.25, -0.2) is 17.9 Å². The second-order valence-corrected chi connectivity index (χ2v) is 7.33. The molecule has 1 aliphatic rings. The van der Waals surface area contributed by atoms with Crippen LogP contribution in [0.15, 0.2) is 23.1 Å². The number of benzene rings is 1. The molecule has 116 valence electrons. The first-order chi connectivity index (χ1) is 9.92. The molecule has 21 heavy (non-hydrogen) atoms. The Labute approximate surface area is 125 Å². The lowest BCUT2D eigenvalue weighted by Gasteiger charge is -2.22. The first kappa shape index (κ1) is 16.0. The fraction of sp³-hybridized carbons (Fsp3) is 0.533. The van der Waals surface area contributed by atoms with E-state index in [-0.39, 0.29) is 16.0 Å². The molecule has 0 bridgehead atoms. The quantitative estimate of drug-likeness (QED) is 0.875. The Morgan fingerprint density at radius 2 is 1.95 bits per heavy atom. The minimum atomic E-state index is -3.66. The molecule has 1 aromatic carbocycles. The molecule has 1 aliphatic carbocycles. The van der Waals surface area contributed by atoms with Crippen LogP contribution in [0.5, 0.6) is 0 Å². The lowest BCUT2D eigenvalue weighted by Crippen LogP contribution is -2.31. The number of hydrogen-bond acceptors (Lipinski definition) is 3. The molecule has 0 saturated heterocycles. The van der Waals surface area contributed by atoms with Crippen LogP contribution in [0.2, 0.25) is 0 Å². The largest absolute Gasteiger partial charge is 0.478 e. The topological polar surface area (TPSA) is 83.5 Å². The summed E-state index contributed by atoms with van der Waals surface area (Å²) in [5.41, 5.74) is 0.302. The first-order valence-electron chi connectivity index (χ1n) is 7.24. The molecule has 1 aromatic rings. The minimum absolute atomic E-state index is 0.0236. The maximum absolute atomic E-state index is 12.4. The van der Waals surface area contributed by atoms with E-state index in [9.17, 15) is 13.2 Å². The lowest BCUT2D eigenvalue weighted by molar-refractivity contribution is 0.0696. The van der Waals surface area contributed by atoms with Gasteiger partial charge in [0.1, 0.15) is 0 Å². The third-order valence-electron chi connectivity index (χ3n) is 4.09. The van der Waals surface area contributed by atoms with Crippen LogP contribution in [-0.4, -0.2) is 26.0 Å². The van der Waals surface area contributed by atoms with Crippen molar-refractivity contribution < 1.29 is 18.3 Å². The van der Waals surface area contributed by atoms with E-state index < -0.39 is 16.0 Å². The molecule has 1 fully saturated rings. The van der Waals surface area contributed by atoms with Crippen LogP contribution in [-0.2, 0) is 10.0 Å². The van der Waals surface area contributed by atoms with Crippen LogP contribution >= 0.6 is 0 Å². The van der Waals surface area contributed by atoms with E-state index in [1.54, 1.807) is 0 Å². The van der Waals surface area contributed by atoms with Crippen molar-refractivity contribution in [2.75, 3.05) is 6.54 Å². The summed E-state index contributed by atoms with van der Waals surface area (Å²) in [7, 11) is -3.66. The molecular weight excluding hydrogens is 290 g/mol. The Kier molecular flexibility index (Phi) is 5.00. The molecule has 0 spiro atoms. The molecular formula is C15H21NO4S. The number of carboxylic acids is 1. The van der Waals surface area contributed by atoms with Gasteiger partial charge in [0.25, 0.3) is 0 Å². The van der Waals surface area contributed by atoms with Crippen molar-refractivity contribution in [1.29, 1.82) is 0 Å². The van der Waals surface area contributed by atoms with E-state index in [0.29, 0.717) is 12.5 Å². The molecule has 1 saturated carbocycles. The summed E-state index contributed by atoms with van der Waals surface area (Å²) in [6, 6.07) is 4.33. The predicted molar refractivity (Wildman–Crippen MR) is 79.9 cm³/mol. The van der Waals surface area contributed by atoms with E-state index in [1.807, 2.05) is 0 Å². The van der Waals surface area contributed by atoms with Gasteiger partial charge in [0.2, 0.25) is 10.0 Å². The highest BCUT2D eigenvalue weighted by Gasteiger charge is 2.22. The average Bonchev–Trinajstić information content (AvgIpc) is 2.46. The third kappa shape index (κ3) is 3.83. The van der Waals surface area contributed by atoms with Crippen LogP contribution in [0.1, 0.15) is 48.0 Å².